The van der Waals surface area contributed by atoms with Crippen molar-refractivity contribution < 1.29 is 12.9 Å². The summed E-state index contributed by atoms with van der Waals surface area (Å²) in [5.74, 6) is 0.977. The van der Waals surface area contributed by atoms with Gasteiger partial charge in [0.25, 0.3) is 10.0 Å². The van der Waals surface area contributed by atoms with Gasteiger partial charge in [0.15, 0.2) is 16.5 Å². The van der Waals surface area contributed by atoms with E-state index in [0.717, 1.165) is 19.4 Å². The normalized spacial score (nSPS) is 11.4. The molecular formula is C13H19N5O3S. The van der Waals surface area contributed by atoms with Gasteiger partial charge < -0.3 is 9.84 Å². The fourth-order valence-electron chi connectivity index (χ4n) is 1.92. The second-order valence-corrected chi connectivity index (χ2v) is 6.46. The average molecular weight is 325 g/mol. The van der Waals surface area contributed by atoms with Gasteiger partial charge in [-0.15, -0.1) is 10.2 Å². The predicted molar refractivity (Wildman–Crippen MR) is 82.2 cm³/mol. The first-order chi connectivity index (χ1) is 10.4. The summed E-state index contributed by atoms with van der Waals surface area (Å²) in [6.45, 7) is 6.01. The second kappa shape index (κ2) is 6.73. The topological polar surface area (TPSA) is 110 Å². The Labute approximate surface area is 129 Å². The first kappa shape index (κ1) is 16.2. The number of aromatic nitrogens is 3. The molecule has 120 valence electrons. The van der Waals surface area contributed by atoms with E-state index in [1.54, 1.807) is 26.0 Å². The number of unbranched alkanes of at least 4 members (excludes halogenated alkanes) is 1. The van der Waals surface area contributed by atoms with Crippen molar-refractivity contribution in [2.24, 2.45) is 0 Å². The molecule has 2 heterocycles. The molecule has 2 aromatic heterocycles. The minimum atomic E-state index is -3.79. The third kappa shape index (κ3) is 3.73. The number of rotatable bonds is 7. The van der Waals surface area contributed by atoms with Gasteiger partial charge in [-0.2, -0.15) is 0 Å². The van der Waals surface area contributed by atoms with Gasteiger partial charge in [0.05, 0.1) is 0 Å². The Hall–Kier alpha value is -2.16. The summed E-state index contributed by atoms with van der Waals surface area (Å²) in [6.07, 6.45) is 2.11. The van der Waals surface area contributed by atoms with Crippen LogP contribution in [0.15, 0.2) is 21.6 Å². The van der Waals surface area contributed by atoms with Gasteiger partial charge in [-0.25, -0.2) is 8.42 Å². The van der Waals surface area contributed by atoms with E-state index in [9.17, 15) is 8.42 Å². The van der Waals surface area contributed by atoms with Crippen molar-refractivity contribution in [3.05, 3.63) is 23.6 Å². The summed E-state index contributed by atoms with van der Waals surface area (Å²) in [5.41, 5.74) is 0.302. The number of nitrogens with one attached hydrogen (secondary N) is 2. The van der Waals surface area contributed by atoms with Gasteiger partial charge in [-0.1, -0.05) is 18.5 Å². The predicted octanol–water partition coefficient (Wildman–Crippen LogP) is 2.09. The highest BCUT2D eigenvalue weighted by molar-refractivity contribution is 7.92. The van der Waals surface area contributed by atoms with Crippen molar-refractivity contribution in [2.45, 2.75) is 38.5 Å². The Balaban J connectivity index is 2.10. The van der Waals surface area contributed by atoms with Gasteiger partial charge in [0, 0.05) is 6.54 Å². The van der Waals surface area contributed by atoms with E-state index in [4.69, 9.17) is 4.52 Å². The van der Waals surface area contributed by atoms with E-state index in [0.29, 0.717) is 11.5 Å². The molecule has 0 aliphatic heterocycles. The van der Waals surface area contributed by atoms with Gasteiger partial charge >= 0.3 is 0 Å². The number of hydrogen-bond acceptors (Lipinski definition) is 7. The van der Waals surface area contributed by atoms with Crippen molar-refractivity contribution in [2.75, 3.05) is 16.6 Å². The molecule has 0 atom stereocenters. The van der Waals surface area contributed by atoms with Gasteiger partial charge in [-0.3, -0.25) is 4.72 Å². The van der Waals surface area contributed by atoms with Crippen LogP contribution < -0.4 is 10.0 Å². The van der Waals surface area contributed by atoms with E-state index >= 15 is 0 Å². The lowest BCUT2D eigenvalue weighted by Crippen LogP contribution is -2.16. The maximum atomic E-state index is 12.3. The van der Waals surface area contributed by atoms with Crippen LogP contribution in [0.1, 0.15) is 31.2 Å². The van der Waals surface area contributed by atoms with Crippen LogP contribution in [0.25, 0.3) is 0 Å². The van der Waals surface area contributed by atoms with Crippen molar-refractivity contribution in [1.29, 1.82) is 0 Å². The summed E-state index contributed by atoms with van der Waals surface area (Å²) in [7, 11) is -3.79. The van der Waals surface area contributed by atoms with Crippen LogP contribution in [0.5, 0.6) is 0 Å². The van der Waals surface area contributed by atoms with Crippen LogP contribution in [0.3, 0.4) is 0 Å². The quantitative estimate of drug-likeness (QED) is 0.750. The van der Waals surface area contributed by atoms with Crippen molar-refractivity contribution in [3.8, 4) is 0 Å². The van der Waals surface area contributed by atoms with Gasteiger partial charge in [0.1, 0.15) is 11.5 Å². The third-order valence-corrected chi connectivity index (χ3v) is 4.57. The summed E-state index contributed by atoms with van der Waals surface area (Å²) in [4.78, 5) is 0.0273. The first-order valence-corrected chi connectivity index (χ1v) is 8.45. The number of nitrogens with zero attached hydrogens (tertiary/aromatic N) is 3. The Bertz CT molecular complexity index is 705. The number of hydrogen-bond donors (Lipinski definition) is 2. The SMILES string of the molecule is CCCCNc1ccc(NS(=O)(=O)c2c(C)noc2C)nn1. The Morgan fingerprint density at radius 2 is 1.86 bits per heavy atom. The summed E-state index contributed by atoms with van der Waals surface area (Å²) >= 11 is 0. The van der Waals surface area contributed by atoms with E-state index in [-0.39, 0.29) is 16.5 Å². The Morgan fingerprint density at radius 1 is 1.18 bits per heavy atom. The zero-order valence-electron chi connectivity index (χ0n) is 12.8. The van der Waals surface area contributed by atoms with Crippen LogP contribution in [-0.4, -0.2) is 30.3 Å². The first-order valence-electron chi connectivity index (χ1n) is 6.97. The highest BCUT2D eigenvalue weighted by Gasteiger charge is 2.24. The minimum absolute atomic E-state index is 0.0273. The number of sulfonamides is 1. The molecule has 9 heteroatoms. The summed E-state index contributed by atoms with van der Waals surface area (Å²) in [6, 6.07) is 3.23. The molecule has 22 heavy (non-hydrogen) atoms. The van der Waals surface area contributed by atoms with Gasteiger partial charge in [-0.05, 0) is 32.4 Å². The van der Waals surface area contributed by atoms with E-state index in [1.807, 2.05) is 0 Å². The molecule has 0 aromatic carbocycles. The molecule has 0 aliphatic rings. The molecule has 0 fully saturated rings. The standard InChI is InChI=1S/C13H19N5O3S/c1-4-5-8-14-11-6-7-12(16-15-11)18-22(19,20)13-9(2)17-21-10(13)3/h6-7H,4-5,8H2,1-3H3,(H,14,15)(H,16,18). The molecule has 0 saturated heterocycles. The Morgan fingerprint density at radius 3 is 2.41 bits per heavy atom. The lowest BCUT2D eigenvalue weighted by atomic mass is 10.3. The highest BCUT2D eigenvalue weighted by atomic mass is 32.2. The molecule has 0 radical (unpaired) electrons. The fraction of sp³-hybridized carbons (Fsp3) is 0.462. The molecule has 2 rings (SSSR count). The van der Waals surface area contributed by atoms with E-state index in [1.165, 1.54) is 0 Å². The Kier molecular flexibility index (Phi) is 4.96. The van der Waals surface area contributed by atoms with E-state index in [2.05, 4.69) is 32.3 Å². The summed E-state index contributed by atoms with van der Waals surface area (Å²) in [5, 5.41) is 14.5. The molecule has 8 nitrogen and oxygen atoms in total. The highest BCUT2D eigenvalue weighted by Crippen LogP contribution is 2.21. The maximum Gasteiger partial charge on any atom is 0.268 e. The molecule has 0 bridgehead atoms. The zero-order valence-corrected chi connectivity index (χ0v) is 13.6. The van der Waals surface area contributed by atoms with Crippen molar-refractivity contribution >= 4 is 21.7 Å². The zero-order chi connectivity index (χ0) is 16.2. The van der Waals surface area contributed by atoms with Crippen LogP contribution in [0.4, 0.5) is 11.6 Å². The number of aryl methyl sites for hydroxylation is 2. The molecular weight excluding hydrogens is 306 g/mol. The maximum absolute atomic E-state index is 12.3. The molecule has 0 aliphatic carbocycles. The molecule has 2 N–H and O–H groups in total. The molecule has 0 saturated carbocycles. The molecule has 0 amide bonds. The van der Waals surface area contributed by atoms with Gasteiger partial charge in [0.2, 0.25) is 0 Å². The largest absolute Gasteiger partial charge is 0.369 e. The smallest absolute Gasteiger partial charge is 0.268 e. The van der Waals surface area contributed by atoms with Crippen molar-refractivity contribution in [1.82, 2.24) is 15.4 Å². The molecule has 0 spiro atoms. The van der Waals surface area contributed by atoms with Crippen LogP contribution >= 0.6 is 0 Å². The molecule has 2 aromatic rings. The lowest BCUT2D eigenvalue weighted by Gasteiger charge is -2.07. The monoisotopic (exact) mass is 325 g/mol. The minimum Gasteiger partial charge on any atom is -0.369 e. The third-order valence-electron chi connectivity index (χ3n) is 2.98. The van der Waals surface area contributed by atoms with Crippen molar-refractivity contribution in [3.63, 3.8) is 0 Å². The summed E-state index contributed by atoms with van der Waals surface area (Å²) < 4.78 is 31.9. The lowest BCUT2D eigenvalue weighted by molar-refractivity contribution is 0.390. The number of anilines is 2. The second-order valence-electron chi connectivity index (χ2n) is 4.84. The van der Waals surface area contributed by atoms with Crippen LogP contribution in [0.2, 0.25) is 0 Å². The average Bonchev–Trinajstić information content (AvgIpc) is 2.81. The molecule has 0 unspecified atom stereocenters. The van der Waals surface area contributed by atoms with Crippen LogP contribution in [0, 0.1) is 13.8 Å². The van der Waals surface area contributed by atoms with E-state index < -0.39 is 10.0 Å². The fourth-order valence-corrected chi connectivity index (χ4v) is 3.25. The van der Waals surface area contributed by atoms with Crippen LogP contribution in [-0.2, 0) is 10.0 Å².